The van der Waals surface area contributed by atoms with E-state index in [0.29, 0.717) is 6.61 Å². The van der Waals surface area contributed by atoms with Crippen LogP contribution in [0.5, 0.6) is 5.75 Å². The van der Waals surface area contributed by atoms with Gasteiger partial charge in [-0.2, -0.15) is 0 Å². The van der Waals surface area contributed by atoms with Crippen molar-refractivity contribution in [3.8, 4) is 5.75 Å². The van der Waals surface area contributed by atoms with Crippen LogP contribution in [-0.4, -0.2) is 11.7 Å². The Morgan fingerprint density at radius 1 is 0.909 bits per heavy atom. The molecule has 0 fully saturated rings. The third-order valence-corrected chi connectivity index (χ3v) is 3.04. The van der Waals surface area contributed by atoms with Gasteiger partial charge in [-0.3, -0.25) is 0 Å². The number of aliphatic hydroxyl groups excluding tert-OH is 1. The van der Waals surface area contributed by atoms with Crippen LogP contribution < -0.4 is 4.74 Å². The third kappa shape index (κ3) is 4.57. The van der Waals surface area contributed by atoms with Crippen LogP contribution in [0.4, 0.5) is 4.39 Å². The molecule has 0 amide bonds. The Bertz CT molecular complexity index is 708. The predicted molar refractivity (Wildman–Crippen MR) is 87.4 cm³/mol. The number of hydrogen-bond donors (Lipinski definition) is 1. The average molecular weight is 298 g/mol. The Kier molecular flexibility index (Phi) is 5.92. The lowest BCUT2D eigenvalue weighted by Crippen LogP contribution is -1.95. The molecule has 1 N–H and O–H groups in total. The van der Waals surface area contributed by atoms with Gasteiger partial charge in [-0.15, -0.1) is 0 Å². The zero-order valence-electron chi connectivity index (χ0n) is 12.5. The van der Waals surface area contributed by atoms with E-state index in [1.165, 1.54) is 17.5 Å². The molecular weight excluding hydrogens is 279 g/mol. The zero-order chi connectivity index (χ0) is 15.8. The van der Waals surface area contributed by atoms with Gasteiger partial charge in [-0.05, 0) is 47.5 Å². The molecular formula is C19H19FO2. The van der Waals surface area contributed by atoms with Crippen LogP contribution >= 0.6 is 0 Å². The number of benzene rings is 3. The molecule has 0 unspecified atom stereocenters. The molecule has 0 spiro atoms. The highest BCUT2D eigenvalue weighted by atomic mass is 19.1. The average Bonchev–Trinajstić information content (AvgIpc) is 2.55. The largest absolute Gasteiger partial charge is 0.489 e. The maximum atomic E-state index is 12.8. The lowest BCUT2D eigenvalue weighted by atomic mass is 10.1. The van der Waals surface area contributed by atoms with Crippen molar-refractivity contribution in [2.75, 3.05) is 6.61 Å². The first kappa shape index (κ1) is 16.0. The Morgan fingerprint density at radius 2 is 1.55 bits per heavy atom. The highest BCUT2D eigenvalue weighted by molar-refractivity contribution is 5.83. The number of ether oxygens (including phenoxy) is 1. The summed E-state index contributed by atoms with van der Waals surface area (Å²) in [6, 6.07) is 20.5. The van der Waals surface area contributed by atoms with E-state index in [1.807, 2.05) is 30.3 Å². The Hall–Kier alpha value is -2.39. The second-order valence-corrected chi connectivity index (χ2v) is 4.74. The van der Waals surface area contributed by atoms with Crippen LogP contribution in [0, 0.1) is 5.82 Å². The quantitative estimate of drug-likeness (QED) is 0.768. The summed E-state index contributed by atoms with van der Waals surface area (Å²) in [6.07, 6.45) is 0. The Morgan fingerprint density at radius 3 is 2.23 bits per heavy atom. The van der Waals surface area contributed by atoms with Crippen molar-refractivity contribution in [2.24, 2.45) is 0 Å². The number of halogens is 1. The Labute approximate surface area is 129 Å². The molecule has 2 nitrogen and oxygen atoms in total. The summed E-state index contributed by atoms with van der Waals surface area (Å²) in [6.45, 7) is 2.37. The van der Waals surface area contributed by atoms with Crippen molar-refractivity contribution >= 4 is 10.8 Å². The molecule has 114 valence electrons. The lowest BCUT2D eigenvalue weighted by Gasteiger charge is -2.07. The molecule has 0 heterocycles. The van der Waals surface area contributed by atoms with E-state index in [4.69, 9.17) is 9.84 Å². The molecule has 0 saturated carbocycles. The van der Waals surface area contributed by atoms with Gasteiger partial charge in [0.25, 0.3) is 0 Å². The van der Waals surface area contributed by atoms with Crippen molar-refractivity contribution in [3.05, 3.63) is 78.1 Å². The first-order valence-corrected chi connectivity index (χ1v) is 7.20. The summed E-state index contributed by atoms with van der Waals surface area (Å²) in [5.74, 6) is 0.595. The first-order valence-electron chi connectivity index (χ1n) is 7.20. The maximum absolute atomic E-state index is 12.8. The minimum absolute atomic E-state index is 0.227. The monoisotopic (exact) mass is 298 g/mol. The summed E-state index contributed by atoms with van der Waals surface area (Å²) in [5.41, 5.74) is 0.953. The van der Waals surface area contributed by atoms with Gasteiger partial charge in [-0.1, -0.05) is 42.5 Å². The normalized spacial score (nSPS) is 9.95. The van der Waals surface area contributed by atoms with Gasteiger partial charge in [0.05, 0.1) is 0 Å². The minimum Gasteiger partial charge on any atom is -0.489 e. The van der Waals surface area contributed by atoms with Crippen LogP contribution in [0.2, 0.25) is 0 Å². The second-order valence-electron chi connectivity index (χ2n) is 4.74. The smallest absolute Gasteiger partial charge is 0.123 e. The van der Waals surface area contributed by atoms with Crippen molar-refractivity contribution in [3.63, 3.8) is 0 Å². The molecule has 22 heavy (non-hydrogen) atoms. The number of rotatable bonds is 3. The number of hydrogen-bond acceptors (Lipinski definition) is 2. The molecule has 3 rings (SSSR count). The molecule has 3 aromatic rings. The molecule has 0 aliphatic carbocycles. The van der Waals surface area contributed by atoms with Gasteiger partial charge in [-0.25, -0.2) is 4.39 Å². The van der Waals surface area contributed by atoms with Crippen LogP contribution in [0.3, 0.4) is 0 Å². The van der Waals surface area contributed by atoms with Crippen molar-refractivity contribution < 1.29 is 14.2 Å². The van der Waals surface area contributed by atoms with Crippen molar-refractivity contribution in [1.82, 2.24) is 0 Å². The van der Waals surface area contributed by atoms with E-state index in [2.05, 4.69) is 12.1 Å². The van der Waals surface area contributed by atoms with E-state index in [0.717, 1.165) is 16.7 Å². The van der Waals surface area contributed by atoms with Crippen molar-refractivity contribution in [1.29, 1.82) is 0 Å². The molecule has 0 saturated heterocycles. The molecule has 0 aromatic heterocycles. The Balaban J connectivity index is 0.000000545. The van der Waals surface area contributed by atoms with E-state index < -0.39 is 0 Å². The van der Waals surface area contributed by atoms with Gasteiger partial charge in [0.15, 0.2) is 0 Å². The SMILES string of the molecule is CCO.Fc1ccc(COc2ccc3ccccc3c2)cc1. The first-order chi connectivity index (χ1) is 10.7. The van der Waals surface area contributed by atoms with E-state index in [9.17, 15) is 4.39 Å². The zero-order valence-corrected chi connectivity index (χ0v) is 12.5. The summed E-state index contributed by atoms with van der Waals surface area (Å²) < 4.78 is 18.5. The summed E-state index contributed by atoms with van der Waals surface area (Å²) in [5, 5.41) is 9.91. The second kappa shape index (κ2) is 8.15. The van der Waals surface area contributed by atoms with Crippen LogP contribution in [0.1, 0.15) is 12.5 Å². The molecule has 0 atom stereocenters. The van der Waals surface area contributed by atoms with Gasteiger partial charge < -0.3 is 9.84 Å². The fourth-order valence-corrected chi connectivity index (χ4v) is 2.00. The minimum atomic E-state index is -0.227. The van der Waals surface area contributed by atoms with Crippen LogP contribution in [-0.2, 0) is 6.61 Å². The molecule has 3 aromatic carbocycles. The fraction of sp³-hybridized carbons (Fsp3) is 0.158. The highest BCUT2D eigenvalue weighted by Crippen LogP contribution is 2.21. The molecule has 0 aliphatic rings. The molecule has 0 radical (unpaired) electrons. The van der Waals surface area contributed by atoms with Crippen LogP contribution in [0.25, 0.3) is 10.8 Å². The maximum Gasteiger partial charge on any atom is 0.123 e. The number of aliphatic hydroxyl groups is 1. The highest BCUT2D eigenvalue weighted by Gasteiger charge is 1.98. The van der Waals surface area contributed by atoms with Gasteiger partial charge in [0.2, 0.25) is 0 Å². The van der Waals surface area contributed by atoms with Crippen molar-refractivity contribution in [2.45, 2.75) is 13.5 Å². The topological polar surface area (TPSA) is 29.5 Å². The third-order valence-electron chi connectivity index (χ3n) is 3.04. The van der Waals surface area contributed by atoms with Gasteiger partial charge in [0.1, 0.15) is 18.2 Å². The summed E-state index contributed by atoms with van der Waals surface area (Å²) in [4.78, 5) is 0. The fourth-order valence-electron chi connectivity index (χ4n) is 2.00. The molecule has 0 aliphatic heterocycles. The van der Waals surface area contributed by atoms with Gasteiger partial charge >= 0.3 is 0 Å². The number of fused-ring (bicyclic) bond motifs is 1. The van der Waals surface area contributed by atoms with E-state index in [-0.39, 0.29) is 12.4 Å². The van der Waals surface area contributed by atoms with Crippen LogP contribution in [0.15, 0.2) is 66.7 Å². The van der Waals surface area contributed by atoms with Gasteiger partial charge in [0, 0.05) is 6.61 Å². The summed E-state index contributed by atoms with van der Waals surface area (Å²) in [7, 11) is 0. The summed E-state index contributed by atoms with van der Waals surface area (Å²) >= 11 is 0. The molecule has 0 bridgehead atoms. The lowest BCUT2D eigenvalue weighted by molar-refractivity contribution is 0.306. The predicted octanol–water partition coefficient (Wildman–Crippen LogP) is 4.56. The molecule has 3 heteroatoms. The van der Waals surface area contributed by atoms with E-state index in [1.54, 1.807) is 19.1 Å². The standard InChI is InChI=1S/C17H13FO.C2H6O/c18-16-8-5-13(6-9-16)12-19-17-10-7-14-3-1-2-4-15(14)11-17;1-2-3/h1-11H,12H2;3H,2H2,1H3. The van der Waals surface area contributed by atoms with E-state index >= 15 is 0 Å².